The first-order chi connectivity index (χ1) is 9.65. The number of nitriles is 2. The fourth-order valence-electron chi connectivity index (χ4n) is 1.71. The Kier molecular flexibility index (Phi) is 3.60. The minimum Gasteiger partial charge on any atom is -0.354 e. The van der Waals surface area contributed by atoms with Crippen molar-refractivity contribution in [3.63, 3.8) is 0 Å². The number of nitrogens with zero attached hydrogens (tertiary/aromatic N) is 3. The van der Waals surface area contributed by atoms with E-state index in [1.54, 1.807) is 30.3 Å². The van der Waals surface area contributed by atoms with E-state index < -0.39 is 4.92 Å². The Morgan fingerprint density at radius 1 is 1.05 bits per heavy atom. The van der Waals surface area contributed by atoms with Gasteiger partial charge < -0.3 is 5.32 Å². The van der Waals surface area contributed by atoms with Crippen LogP contribution in [0.2, 0.25) is 0 Å². The lowest BCUT2D eigenvalue weighted by Crippen LogP contribution is -1.96. The van der Waals surface area contributed by atoms with Gasteiger partial charge >= 0.3 is 0 Å². The van der Waals surface area contributed by atoms with Crippen LogP contribution in [0.15, 0.2) is 42.5 Å². The molecule has 2 aromatic rings. The number of nitro benzene ring substituents is 1. The molecule has 6 heteroatoms. The van der Waals surface area contributed by atoms with Gasteiger partial charge in [0, 0.05) is 11.8 Å². The van der Waals surface area contributed by atoms with Crippen LogP contribution in [-0.2, 0) is 0 Å². The third-order valence-electron chi connectivity index (χ3n) is 2.64. The van der Waals surface area contributed by atoms with Crippen molar-refractivity contribution in [2.45, 2.75) is 0 Å². The van der Waals surface area contributed by atoms with Gasteiger partial charge in [-0.2, -0.15) is 10.5 Å². The molecule has 0 saturated heterocycles. The van der Waals surface area contributed by atoms with E-state index in [2.05, 4.69) is 5.32 Å². The van der Waals surface area contributed by atoms with Gasteiger partial charge in [0.1, 0.15) is 17.7 Å². The van der Waals surface area contributed by atoms with E-state index in [9.17, 15) is 10.1 Å². The van der Waals surface area contributed by atoms with E-state index in [1.165, 1.54) is 18.2 Å². The SMILES string of the molecule is N#Cc1ccccc1Nc1ccc([N+](=O)[O-])c(C#N)c1. The van der Waals surface area contributed by atoms with Gasteiger partial charge in [0.15, 0.2) is 0 Å². The molecule has 0 aromatic heterocycles. The van der Waals surface area contributed by atoms with Crippen molar-refractivity contribution in [3.05, 3.63) is 63.7 Å². The summed E-state index contributed by atoms with van der Waals surface area (Å²) in [5.41, 5.74) is 1.26. The molecular formula is C14H8N4O2. The molecule has 6 nitrogen and oxygen atoms in total. The molecule has 0 fully saturated rings. The van der Waals surface area contributed by atoms with Crippen molar-refractivity contribution >= 4 is 17.1 Å². The zero-order valence-corrected chi connectivity index (χ0v) is 10.2. The van der Waals surface area contributed by atoms with Gasteiger partial charge in [0.25, 0.3) is 5.69 Å². The van der Waals surface area contributed by atoms with E-state index in [1.807, 2.05) is 6.07 Å². The van der Waals surface area contributed by atoms with Crippen LogP contribution >= 0.6 is 0 Å². The van der Waals surface area contributed by atoms with Gasteiger partial charge in [0.05, 0.1) is 16.2 Å². The van der Waals surface area contributed by atoms with Gasteiger partial charge in [-0.3, -0.25) is 10.1 Å². The summed E-state index contributed by atoms with van der Waals surface area (Å²) >= 11 is 0. The second-order valence-corrected chi connectivity index (χ2v) is 3.88. The second kappa shape index (κ2) is 5.51. The number of nitrogens with one attached hydrogen (secondary N) is 1. The Bertz CT molecular complexity index is 756. The molecule has 2 rings (SSSR count). The fourth-order valence-corrected chi connectivity index (χ4v) is 1.71. The summed E-state index contributed by atoms with van der Waals surface area (Å²) in [6.07, 6.45) is 0. The zero-order valence-electron chi connectivity index (χ0n) is 10.2. The molecule has 0 aliphatic carbocycles. The molecule has 0 heterocycles. The highest BCUT2D eigenvalue weighted by Crippen LogP contribution is 2.25. The van der Waals surface area contributed by atoms with E-state index >= 15 is 0 Å². The van der Waals surface area contributed by atoms with Crippen molar-refractivity contribution in [1.29, 1.82) is 10.5 Å². The fraction of sp³-hybridized carbons (Fsp3) is 0. The molecule has 0 aliphatic heterocycles. The van der Waals surface area contributed by atoms with Crippen molar-refractivity contribution in [2.75, 3.05) is 5.32 Å². The molecular weight excluding hydrogens is 256 g/mol. The summed E-state index contributed by atoms with van der Waals surface area (Å²) in [7, 11) is 0. The molecule has 0 spiro atoms. The van der Waals surface area contributed by atoms with Crippen LogP contribution < -0.4 is 5.32 Å². The van der Waals surface area contributed by atoms with Crippen LogP contribution in [0.1, 0.15) is 11.1 Å². The van der Waals surface area contributed by atoms with Gasteiger partial charge in [-0.25, -0.2) is 0 Å². The van der Waals surface area contributed by atoms with E-state index in [0.717, 1.165) is 0 Å². The van der Waals surface area contributed by atoms with Crippen molar-refractivity contribution in [2.24, 2.45) is 0 Å². The lowest BCUT2D eigenvalue weighted by atomic mass is 10.1. The maximum absolute atomic E-state index is 10.7. The lowest BCUT2D eigenvalue weighted by Gasteiger charge is -2.08. The third-order valence-corrected chi connectivity index (χ3v) is 2.64. The van der Waals surface area contributed by atoms with Crippen LogP contribution in [0.4, 0.5) is 17.1 Å². The van der Waals surface area contributed by atoms with Gasteiger partial charge in [-0.1, -0.05) is 12.1 Å². The number of benzene rings is 2. The van der Waals surface area contributed by atoms with E-state index in [0.29, 0.717) is 16.9 Å². The van der Waals surface area contributed by atoms with E-state index in [4.69, 9.17) is 10.5 Å². The van der Waals surface area contributed by atoms with Crippen LogP contribution in [0.25, 0.3) is 0 Å². The highest BCUT2D eigenvalue weighted by molar-refractivity contribution is 5.69. The maximum atomic E-state index is 10.7. The predicted octanol–water partition coefficient (Wildman–Crippen LogP) is 3.08. The number of para-hydroxylation sites is 1. The average molecular weight is 264 g/mol. The Morgan fingerprint density at radius 3 is 2.40 bits per heavy atom. The molecule has 0 atom stereocenters. The Hall–Kier alpha value is -3.38. The predicted molar refractivity (Wildman–Crippen MR) is 72.3 cm³/mol. The monoisotopic (exact) mass is 264 g/mol. The number of hydrogen-bond donors (Lipinski definition) is 1. The molecule has 1 N–H and O–H groups in total. The molecule has 0 saturated carbocycles. The number of anilines is 2. The molecule has 2 aromatic carbocycles. The first-order valence-corrected chi connectivity index (χ1v) is 5.60. The van der Waals surface area contributed by atoms with Crippen molar-refractivity contribution < 1.29 is 4.92 Å². The summed E-state index contributed by atoms with van der Waals surface area (Å²) in [5, 5.41) is 31.6. The Morgan fingerprint density at radius 2 is 1.75 bits per heavy atom. The summed E-state index contributed by atoms with van der Waals surface area (Å²) in [4.78, 5) is 10.1. The van der Waals surface area contributed by atoms with Gasteiger partial charge in [-0.05, 0) is 24.3 Å². The first kappa shape index (κ1) is 13.1. The normalized spacial score (nSPS) is 9.30. The minimum absolute atomic E-state index is 0.0329. The summed E-state index contributed by atoms with van der Waals surface area (Å²) in [6.45, 7) is 0. The number of nitro groups is 1. The molecule has 0 aliphatic rings. The number of rotatable bonds is 3. The molecule has 96 valence electrons. The largest absolute Gasteiger partial charge is 0.354 e. The molecule has 0 radical (unpaired) electrons. The molecule has 20 heavy (non-hydrogen) atoms. The van der Waals surface area contributed by atoms with Crippen LogP contribution in [0.3, 0.4) is 0 Å². The second-order valence-electron chi connectivity index (χ2n) is 3.88. The van der Waals surface area contributed by atoms with Crippen molar-refractivity contribution in [3.8, 4) is 12.1 Å². The van der Waals surface area contributed by atoms with Crippen LogP contribution in [0, 0.1) is 32.8 Å². The molecule has 0 amide bonds. The summed E-state index contributed by atoms with van der Waals surface area (Å²) in [6, 6.07) is 14.8. The highest BCUT2D eigenvalue weighted by Gasteiger charge is 2.14. The Labute approximate surface area is 114 Å². The Balaban J connectivity index is 2.39. The highest BCUT2D eigenvalue weighted by atomic mass is 16.6. The molecule has 0 bridgehead atoms. The minimum atomic E-state index is -0.606. The smallest absolute Gasteiger partial charge is 0.287 e. The summed E-state index contributed by atoms with van der Waals surface area (Å²) in [5.74, 6) is 0. The lowest BCUT2D eigenvalue weighted by molar-refractivity contribution is -0.385. The summed E-state index contributed by atoms with van der Waals surface area (Å²) < 4.78 is 0. The maximum Gasteiger partial charge on any atom is 0.287 e. The van der Waals surface area contributed by atoms with E-state index in [-0.39, 0.29) is 11.3 Å². The van der Waals surface area contributed by atoms with Crippen LogP contribution in [0.5, 0.6) is 0 Å². The van der Waals surface area contributed by atoms with Gasteiger partial charge in [-0.15, -0.1) is 0 Å². The molecule has 0 unspecified atom stereocenters. The first-order valence-electron chi connectivity index (χ1n) is 5.60. The zero-order chi connectivity index (χ0) is 14.5. The topological polar surface area (TPSA) is 103 Å². The van der Waals surface area contributed by atoms with Gasteiger partial charge in [0.2, 0.25) is 0 Å². The van der Waals surface area contributed by atoms with Crippen LogP contribution in [-0.4, -0.2) is 4.92 Å². The van der Waals surface area contributed by atoms with Crippen molar-refractivity contribution in [1.82, 2.24) is 0 Å². The third kappa shape index (κ3) is 2.55. The quantitative estimate of drug-likeness (QED) is 0.677. The standard InChI is InChI=1S/C14H8N4O2/c15-8-10-3-1-2-4-13(10)17-12-5-6-14(18(19)20)11(7-12)9-16/h1-7,17H. The number of hydrogen-bond acceptors (Lipinski definition) is 5. The average Bonchev–Trinajstić information content (AvgIpc) is 2.47.